The molecule has 1 amide bonds. The molecule has 0 aromatic rings. The molecule has 0 aromatic heterocycles. The third-order valence-electron chi connectivity index (χ3n) is 4.56. The molecule has 2 aliphatic heterocycles. The Morgan fingerprint density at radius 1 is 1.10 bits per heavy atom. The van der Waals surface area contributed by atoms with Gasteiger partial charge in [0.25, 0.3) is 0 Å². The second-order valence-corrected chi connectivity index (χ2v) is 7.60. The Balaban J connectivity index is 1.79. The van der Waals surface area contributed by atoms with Crippen molar-refractivity contribution in [2.75, 3.05) is 40.3 Å². The number of piperidine rings is 1. The number of ether oxygens (including phenoxy) is 1. The predicted octanol–water partition coefficient (Wildman–Crippen LogP) is 2.02. The summed E-state index contributed by atoms with van der Waals surface area (Å²) < 4.78 is 5.47. The Hall–Kier alpha value is -0.810. The maximum absolute atomic E-state index is 12.1. The number of hydrogen-bond donors (Lipinski definition) is 0. The van der Waals surface area contributed by atoms with Crippen molar-refractivity contribution in [1.29, 1.82) is 0 Å². The molecular formula is C16H31N3O2. The van der Waals surface area contributed by atoms with Gasteiger partial charge in [0.1, 0.15) is 5.60 Å². The molecule has 0 saturated carbocycles. The molecule has 2 heterocycles. The van der Waals surface area contributed by atoms with E-state index in [9.17, 15) is 4.79 Å². The smallest absolute Gasteiger partial charge is 0.410 e. The van der Waals surface area contributed by atoms with Gasteiger partial charge in [0.2, 0.25) is 0 Å². The first kappa shape index (κ1) is 16.6. The molecule has 21 heavy (non-hydrogen) atoms. The molecule has 1 atom stereocenters. The van der Waals surface area contributed by atoms with Crippen LogP contribution in [-0.4, -0.2) is 78.8 Å². The van der Waals surface area contributed by atoms with Crippen LogP contribution in [0.5, 0.6) is 0 Å². The third-order valence-corrected chi connectivity index (χ3v) is 4.56. The fraction of sp³-hybridized carbons (Fsp3) is 0.938. The summed E-state index contributed by atoms with van der Waals surface area (Å²) in [6, 6.07) is 1.23. The highest BCUT2D eigenvalue weighted by atomic mass is 16.6. The standard InChI is InChI=1S/C16H31N3O2/c1-16(2,3)21-15(20)19-11-8-14(12-19)18-9-6-13(7-10-18)17(4)5/h13-14H,6-12H2,1-5H3/t14-/m1/s1. The van der Waals surface area contributed by atoms with Crippen molar-refractivity contribution in [2.24, 2.45) is 0 Å². The summed E-state index contributed by atoms with van der Waals surface area (Å²) >= 11 is 0. The lowest BCUT2D eigenvalue weighted by Crippen LogP contribution is -2.47. The maximum Gasteiger partial charge on any atom is 0.410 e. The minimum Gasteiger partial charge on any atom is -0.444 e. The summed E-state index contributed by atoms with van der Waals surface area (Å²) in [5, 5.41) is 0. The van der Waals surface area contributed by atoms with Gasteiger partial charge in [-0.25, -0.2) is 4.79 Å². The molecule has 122 valence electrons. The average Bonchev–Trinajstić information content (AvgIpc) is 2.86. The second-order valence-electron chi connectivity index (χ2n) is 7.60. The van der Waals surface area contributed by atoms with Crippen LogP contribution in [0.2, 0.25) is 0 Å². The van der Waals surface area contributed by atoms with E-state index in [1.807, 2.05) is 25.7 Å². The minimum absolute atomic E-state index is 0.159. The van der Waals surface area contributed by atoms with Gasteiger partial charge in [-0.2, -0.15) is 0 Å². The van der Waals surface area contributed by atoms with Crippen molar-refractivity contribution >= 4 is 6.09 Å². The highest BCUT2D eigenvalue weighted by Gasteiger charge is 2.34. The molecule has 0 N–H and O–H groups in total. The monoisotopic (exact) mass is 297 g/mol. The molecule has 0 spiro atoms. The molecule has 2 rings (SSSR count). The Morgan fingerprint density at radius 3 is 2.24 bits per heavy atom. The van der Waals surface area contributed by atoms with Gasteiger partial charge in [-0.3, -0.25) is 4.90 Å². The van der Waals surface area contributed by atoms with Crippen LogP contribution >= 0.6 is 0 Å². The van der Waals surface area contributed by atoms with Gasteiger partial charge in [-0.1, -0.05) is 0 Å². The summed E-state index contributed by atoms with van der Waals surface area (Å²) in [7, 11) is 4.33. The van der Waals surface area contributed by atoms with E-state index in [-0.39, 0.29) is 6.09 Å². The van der Waals surface area contributed by atoms with E-state index in [1.54, 1.807) is 0 Å². The third kappa shape index (κ3) is 4.58. The zero-order valence-electron chi connectivity index (χ0n) is 14.3. The molecule has 0 radical (unpaired) electrons. The highest BCUT2D eigenvalue weighted by Crippen LogP contribution is 2.23. The van der Waals surface area contributed by atoms with Crippen LogP contribution in [0, 0.1) is 0 Å². The fourth-order valence-electron chi connectivity index (χ4n) is 3.30. The molecule has 0 bridgehead atoms. The molecule has 0 aliphatic carbocycles. The Morgan fingerprint density at radius 2 is 1.71 bits per heavy atom. The van der Waals surface area contributed by atoms with Gasteiger partial charge in [0, 0.05) is 25.2 Å². The summed E-state index contributed by atoms with van der Waals surface area (Å²) in [5.41, 5.74) is -0.404. The highest BCUT2D eigenvalue weighted by molar-refractivity contribution is 5.68. The van der Waals surface area contributed by atoms with Crippen LogP contribution < -0.4 is 0 Å². The van der Waals surface area contributed by atoms with Crippen molar-refractivity contribution in [3.8, 4) is 0 Å². The molecule has 5 heteroatoms. The lowest BCUT2D eigenvalue weighted by Gasteiger charge is -2.38. The van der Waals surface area contributed by atoms with Crippen LogP contribution in [0.15, 0.2) is 0 Å². The lowest BCUT2D eigenvalue weighted by molar-refractivity contribution is 0.0272. The molecule has 2 aliphatic rings. The van der Waals surface area contributed by atoms with E-state index in [0.29, 0.717) is 12.1 Å². The number of hydrogen-bond acceptors (Lipinski definition) is 4. The number of nitrogens with zero attached hydrogens (tertiary/aromatic N) is 3. The molecule has 0 unspecified atom stereocenters. The SMILES string of the molecule is CN(C)C1CCN([C@@H]2CCN(C(=O)OC(C)(C)C)C2)CC1. The molecule has 5 nitrogen and oxygen atoms in total. The van der Waals surface area contributed by atoms with Gasteiger partial charge in [-0.15, -0.1) is 0 Å². The molecule has 0 aromatic carbocycles. The summed E-state index contributed by atoms with van der Waals surface area (Å²) in [5.74, 6) is 0. The van der Waals surface area contributed by atoms with Crippen molar-refractivity contribution in [3.63, 3.8) is 0 Å². The first-order valence-corrected chi connectivity index (χ1v) is 8.14. The zero-order chi connectivity index (χ0) is 15.6. The maximum atomic E-state index is 12.1. The molecule has 2 fully saturated rings. The largest absolute Gasteiger partial charge is 0.444 e. The summed E-state index contributed by atoms with van der Waals surface area (Å²) in [4.78, 5) is 18.9. The number of likely N-dealkylation sites (tertiary alicyclic amines) is 2. The van der Waals surface area contributed by atoms with Crippen molar-refractivity contribution in [3.05, 3.63) is 0 Å². The fourth-order valence-corrected chi connectivity index (χ4v) is 3.30. The Labute approximate surface area is 129 Å². The first-order valence-electron chi connectivity index (χ1n) is 8.14. The van der Waals surface area contributed by atoms with Crippen molar-refractivity contribution in [1.82, 2.24) is 14.7 Å². The van der Waals surface area contributed by atoms with Gasteiger partial charge in [0.15, 0.2) is 0 Å². The van der Waals surface area contributed by atoms with E-state index in [2.05, 4.69) is 23.9 Å². The minimum atomic E-state index is -0.404. The number of carbonyl (C=O) groups excluding carboxylic acids is 1. The van der Waals surface area contributed by atoms with E-state index in [4.69, 9.17) is 4.74 Å². The first-order chi connectivity index (χ1) is 9.76. The second kappa shape index (κ2) is 6.53. The predicted molar refractivity (Wildman–Crippen MR) is 84.5 cm³/mol. The molecule has 2 saturated heterocycles. The van der Waals surface area contributed by atoms with Crippen LogP contribution in [0.4, 0.5) is 4.79 Å². The van der Waals surface area contributed by atoms with Crippen LogP contribution in [0.25, 0.3) is 0 Å². The van der Waals surface area contributed by atoms with Crippen molar-refractivity contribution < 1.29 is 9.53 Å². The van der Waals surface area contributed by atoms with Crippen LogP contribution in [-0.2, 0) is 4.74 Å². The molecular weight excluding hydrogens is 266 g/mol. The Kier molecular flexibility index (Phi) is 5.15. The average molecular weight is 297 g/mol. The van der Waals surface area contributed by atoms with Gasteiger partial charge >= 0.3 is 6.09 Å². The van der Waals surface area contributed by atoms with Gasteiger partial charge < -0.3 is 14.5 Å². The number of carbonyl (C=O) groups is 1. The van der Waals surface area contributed by atoms with Gasteiger partial charge in [0.05, 0.1) is 0 Å². The van der Waals surface area contributed by atoms with Crippen LogP contribution in [0.3, 0.4) is 0 Å². The van der Waals surface area contributed by atoms with E-state index >= 15 is 0 Å². The Bertz CT molecular complexity index is 357. The number of amides is 1. The number of rotatable bonds is 2. The summed E-state index contributed by atoms with van der Waals surface area (Å²) in [6.07, 6.45) is 3.38. The lowest BCUT2D eigenvalue weighted by atomic mass is 10.0. The van der Waals surface area contributed by atoms with E-state index < -0.39 is 5.60 Å². The van der Waals surface area contributed by atoms with Crippen molar-refractivity contribution in [2.45, 2.75) is 57.7 Å². The zero-order valence-corrected chi connectivity index (χ0v) is 14.3. The van der Waals surface area contributed by atoms with Crippen LogP contribution in [0.1, 0.15) is 40.0 Å². The summed E-state index contributed by atoms with van der Waals surface area (Å²) in [6.45, 7) is 9.71. The van der Waals surface area contributed by atoms with E-state index in [0.717, 1.165) is 32.6 Å². The quantitative estimate of drug-likeness (QED) is 0.781. The topological polar surface area (TPSA) is 36.0 Å². The van der Waals surface area contributed by atoms with Gasteiger partial charge in [-0.05, 0) is 67.2 Å². The van der Waals surface area contributed by atoms with E-state index in [1.165, 1.54) is 12.8 Å². The normalized spacial score (nSPS) is 25.6.